The van der Waals surface area contributed by atoms with E-state index in [4.69, 9.17) is 0 Å². The molecular formula is C14H19ClF2N2. The third kappa shape index (κ3) is 3.32. The Kier molecular flexibility index (Phi) is 5.91. The van der Waals surface area contributed by atoms with Gasteiger partial charge in [-0.25, -0.2) is 8.78 Å². The maximum atomic E-state index is 14.1. The Hall–Kier alpha value is -0.970. The van der Waals surface area contributed by atoms with E-state index in [-0.39, 0.29) is 18.0 Å². The summed E-state index contributed by atoms with van der Waals surface area (Å²) in [5.74, 6) is -0.958. The van der Waals surface area contributed by atoms with Gasteiger partial charge in [-0.3, -0.25) is 4.90 Å². The van der Waals surface area contributed by atoms with E-state index >= 15 is 0 Å². The third-order valence-corrected chi connectivity index (χ3v) is 3.38. The minimum absolute atomic E-state index is 0. The zero-order valence-corrected chi connectivity index (χ0v) is 11.8. The van der Waals surface area contributed by atoms with Crippen LogP contribution in [0.5, 0.6) is 0 Å². The van der Waals surface area contributed by atoms with Gasteiger partial charge in [0.05, 0.1) is 6.04 Å². The van der Waals surface area contributed by atoms with E-state index in [2.05, 4.69) is 11.9 Å². The van der Waals surface area contributed by atoms with Crippen molar-refractivity contribution in [3.05, 3.63) is 47.5 Å². The molecule has 0 bridgehead atoms. The number of piperazine rings is 1. The Morgan fingerprint density at radius 3 is 2.53 bits per heavy atom. The Morgan fingerprint density at radius 1 is 1.32 bits per heavy atom. The molecular weight excluding hydrogens is 270 g/mol. The number of hydrogen-bond acceptors (Lipinski definition) is 2. The molecule has 1 aliphatic rings. The summed E-state index contributed by atoms with van der Waals surface area (Å²) in [6.45, 7) is 8.58. The van der Waals surface area contributed by atoms with Crippen molar-refractivity contribution < 1.29 is 8.78 Å². The van der Waals surface area contributed by atoms with Crippen molar-refractivity contribution in [1.82, 2.24) is 10.2 Å². The van der Waals surface area contributed by atoms with Crippen LogP contribution in [0, 0.1) is 18.6 Å². The van der Waals surface area contributed by atoms with Crippen LogP contribution in [0.25, 0.3) is 0 Å². The molecule has 0 aliphatic carbocycles. The van der Waals surface area contributed by atoms with Gasteiger partial charge in [-0.05, 0) is 18.6 Å². The van der Waals surface area contributed by atoms with Crippen molar-refractivity contribution in [3.8, 4) is 0 Å². The molecule has 1 heterocycles. The maximum Gasteiger partial charge on any atom is 0.134 e. The topological polar surface area (TPSA) is 15.3 Å². The largest absolute Gasteiger partial charge is 0.314 e. The minimum atomic E-state index is -0.499. The quantitative estimate of drug-likeness (QED) is 0.861. The molecule has 2 nitrogen and oxygen atoms in total. The predicted molar refractivity (Wildman–Crippen MR) is 75.7 cm³/mol. The van der Waals surface area contributed by atoms with Gasteiger partial charge in [-0.2, -0.15) is 0 Å². The van der Waals surface area contributed by atoms with E-state index in [1.807, 2.05) is 4.90 Å². The Bertz CT molecular complexity index is 445. The fourth-order valence-corrected chi connectivity index (χ4v) is 2.36. The fourth-order valence-electron chi connectivity index (χ4n) is 2.36. The van der Waals surface area contributed by atoms with E-state index in [0.717, 1.165) is 26.2 Å². The molecule has 0 saturated carbocycles. The first-order valence-corrected chi connectivity index (χ1v) is 6.17. The molecule has 19 heavy (non-hydrogen) atoms. The first kappa shape index (κ1) is 16.1. The summed E-state index contributed by atoms with van der Waals surface area (Å²) in [5, 5.41) is 3.22. The maximum absolute atomic E-state index is 14.1. The number of nitrogens with zero attached hydrogens (tertiary/aromatic N) is 1. The number of rotatable bonds is 3. The summed E-state index contributed by atoms with van der Waals surface area (Å²) in [6.07, 6.45) is 1.62. The SMILES string of the molecule is C=C[C@@H](c1c(F)ccc(C)c1F)N1CCNCC1.Cl. The molecule has 0 aromatic heterocycles. The molecule has 1 fully saturated rings. The molecule has 0 amide bonds. The first-order valence-electron chi connectivity index (χ1n) is 6.17. The third-order valence-electron chi connectivity index (χ3n) is 3.38. The number of nitrogens with one attached hydrogen (secondary N) is 1. The van der Waals surface area contributed by atoms with E-state index in [1.54, 1.807) is 13.0 Å². The average Bonchev–Trinajstić information content (AvgIpc) is 2.40. The molecule has 1 N–H and O–H groups in total. The lowest BCUT2D eigenvalue weighted by Gasteiger charge is -2.33. The van der Waals surface area contributed by atoms with Crippen molar-refractivity contribution in [2.24, 2.45) is 0 Å². The molecule has 0 spiro atoms. The predicted octanol–water partition coefficient (Wildman–Crippen LogP) is 2.83. The highest BCUT2D eigenvalue weighted by Gasteiger charge is 2.25. The van der Waals surface area contributed by atoms with Crippen LogP contribution in [0.3, 0.4) is 0 Å². The van der Waals surface area contributed by atoms with Gasteiger partial charge in [0.15, 0.2) is 0 Å². The van der Waals surface area contributed by atoms with Crippen LogP contribution in [0.15, 0.2) is 24.8 Å². The van der Waals surface area contributed by atoms with Gasteiger partial charge >= 0.3 is 0 Å². The van der Waals surface area contributed by atoms with Gasteiger partial charge in [-0.1, -0.05) is 12.1 Å². The van der Waals surface area contributed by atoms with Crippen LogP contribution in [0.1, 0.15) is 17.2 Å². The molecule has 2 rings (SSSR count). The second-order valence-corrected chi connectivity index (χ2v) is 4.56. The van der Waals surface area contributed by atoms with Crippen LogP contribution < -0.4 is 5.32 Å². The molecule has 0 radical (unpaired) electrons. The normalized spacial score (nSPS) is 17.6. The average molecular weight is 289 g/mol. The van der Waals surface area contributed by atoms with E-state index in [1.165, 1.54) is 12.1 Å². The standard InChI is InChI=1S/C14H18F2N2.ClH/c1-3-12(18-8-6-17-7-9-18)13-11(15)5-4-10(2)14(13)16;/h3-5,12,17H,1,6-9H2,2H3;1H/t12-;/m0./s1. The number of halogens is 3. The smallest absolute Gasteiger partial charge is 0.134 e. The highest BCUT2D eigenvalue weighted by Crippen LogP contribution is 2.28. The highest BCUT2D eigenvalue weighted by molar-refractivity contribution is 5.85. The minimum Gasteiger partial charge on any atom is -0.314 e. The van der Waals surface area contributed by atoms with Gasteiger partial charge in [0.2, 0.25) is 0 Å². The van der Waals surface area contributed by atoms with Crippen molar-refractivity contribution in [2.75, 3.05) is 26.2 Å². The lowest BCUT2D eigenvalue weighted by Crippen LogP contribution is -2.45. The number of benzene rings is 1. The second kappa shape index (κ2) is 6.98. The van der Waals surface area contributed by atoms with Gasteiger partial charge in [0.1, 0.15) is 11.6 Å². The summed E-state index contributed by atoms with van der Waals surface area (Å²) in [5.41, 5.74) is 0.584. The number of aryl methyl sites for hydroxylation is 1. The molecule has 5 heteroatoms. The molecule has 1 aliphatic heterocycles. The van der Waals surface area contributed by atoms with Gasteiger partial charge in [-0.15, -0.1) is 19.0 Å². The molecule has 1 aromatic rings. The van der Waals surface area contributed by atoms with Crippen LogP contribution in [0.4, 0.5) is 8.78 Å². The van der Waals surface area contributed by atoms with Crippen LogP contribution in [-0.2, 0) is 0 Å². The molecule has 0 unspecified atom stereocenters. The Balaban J connectivity index is 0.00000180. The Labute approximate surface area is 118 Å². The monoisotopic (exact) mass is 288 g/mol. The van der Waals surface area contributed by atoms with Crippen molar-refractivity contribution in [2.45, 2.75) is 13.0 Å². The zero-order valence-electron chi connectivity index (χ0n) is 11.0. The molecule has 1 saturated heterocycles. The zero-order chi connectivity index (χ0) is 13.1. The van der Waals surface area contributed by atoms with Gasteiger partial charge < -0.3 is 5.32 Å². The van der Waals surface area contributed by atoms with Crippen LogP contribution in [-0.4, -0.2) is 31.1 Å². The summed E-state index contributed by atoms with van der Waals surface area (Å²) < 4.78 is 28.0. The highest BCUT2D eigenvalue weighted by atomic mass is 35.5. The molecule has 1 atom stereocenters. The van der Waals surface area contributed by atoms with Crippen LogP contribution in [0.2, 0.25) is 0 Å². The summed E-state index contributed by atoms with van der Waals surface area (Å²) in [4.78, 5) is 2.05. The van der Waals surface area contributed by atoms with E-state index in [9.17, 15) is 8.78 Å². The van der Waals surface area contributed by atoms with Crippen molar-refractivity contribution >= 4 is 12.4 Å². The van der Waals surface area contributed by atoms with Crippen LogP contribution >= 0.6 is 12.4 Å². The summed E-state index contributed by atoms with van der Waals surface area (Å²) in [6, 6.07) is 2.39. The van der Waals surface area contributed by atoms with Gasteiger partial charge in [0.25, 0.3) is 0 Å². The molecule has 106 valence electrons. The summed E-state index contributed by atoms with van der Waals surface area (Å²) >= 11 is 0. The van der Waals surface area contributed by atoms with Gasteiger partial charge in [0, 0.05) is 31.7 Å². The van der Waals surface area contributed by atoms with Crippen molar-refractivity contribution in [3.63, 3.8) is 0 Å². The fraction of sp³-hybridized carbons (Fsp3) is 0.429. The van der Waals surface area contributed by atoms with E-state index in [0.29, 0.717) is 5.56 Å². The molecule has 1 aromatic carbocycles. The number of hydrogen-bond donors (Lipinski definition) is 1. The Morgan fingerprint density at radius 2 is 1.95 bits per heavy atom. The van der Waals surface area contributed by atoms with E-state index < -0.39 is 17.7 Å². The summed E-state index contributed by atoms with van der Waals surface area (Å²) in [7, 11) is 0. The first-order chi connectivity index (χ1) is 8.65. The van der Waals surface area contributed by atoms with Crippen molar-refractivity contribution in [1.29, 1.82) is 0 Å². The lowest BCUT2D eigenvalue weighted by atomic mass is 10.0. The lowest BCUT2D eigenvalue weighted by molar-refractivity contribution is 0.197. The second-order valence-electron chi connectivity index (χ2n) is 4.56.